The summed E-state index contributed by atoms with van der Waals surface area (Å²) in [7, 11) is -1.07. The van der Waals surface area contributed by atoms with Crippen molar-refractivity contribution in [3.63, 3.8) is 0 Å². The third-order valence-electron chi connectivity index (χ3n) is 5.63. The number of hydrogen-bond acceptors (Lipinski definition) is 6. The van der Waals surface area contributed by atoms with E-state index >= 15 is 0 Å². The van der Waals surface area contributed by atoms with Crippen LogP contribution in [0.1, 0.15) is 35.2 Å². The van der Waals surface area contributed by atoms with Crippen molar-refractivity contribution in [3.8, 4) is 0 Å². The summed E-state index contributed by atoms with van der Waals surface area (Å²) < 4.78 is 35.5. The normalized spacial score (nSPS) is 17.1. The van der Waals surface area contributed by atoms with E-state index in [-0.39, 0.29) is 23.7 Å². The van der Waals surface area contributed by atoms with Crippen molar-refractivity contribution in [2.75, 3.05) is 6.54 Å². The lowest BCUT2D eigenvalue weighted by Crippen LogP contribution is -2.42. The first kappa shape index (κ1) is 23.0. The Morgan fingerprint density at radius 3 is 2.29 bits per heavy atom. The van der Waals surface area contributed by atoms with Crippen LogP contribution in [0, 0.1) is 20.8 Å². The molecule has 2 aromatic rings. The Morgan fingerprint density at radius 2 is 1.68 bits per heavy atom. The molecule has 0 saturated carbocycles. The van der Waals surface area contributed by atoms with Gasteiger partial charge in [0.15, 0.2) is 0 Å². The van der Waals surface area contributed by atoms with Crippen molar-refractivity contribution in [1.29, 1.82) is 0 Å². The maximum absolute atomic E-state index is 13.4. The zero-order chi connectivity index (χ0) is 23.1. The fraction of sp³-hybridized carbons (Fsp3) is 0.476. The minimum Gasteiger partial charge on any atom is -0.458 e. The molecule has 0 aliphatic carbocycles. The summed E-state index contributed by atoms with van der Waals surface area (Å²) >= 11 is 0. The van der Waals surface area contributed by atoms with Crippen LogP contribution in [0.2, 0.25) is 0 Å². The lowest BCUT2D eigenvalue weighted by molar-refractivity contribution is -0.149. The van der Waals surface area contributed by atoms with Gasteiger partial charge in [-0.3, -0.25) is 18.7 Å². The first-order valence-electron chi connectivity index (χ1n) is 9.97. The molecule has 1 aliphatic heterocycles. The number of nitrogens with zero attached hydrogens (tertiary/aromatic N) is 3. The third kappa shape index (κ3) is 4.22. The minimum absolute atomic E-state index is 0.215. The van der Waals surface area contributed by atoms with Crippen molar-refractivity contribution in [2.24, 2.45) is 14.1 Å². The summed E-state index contributed by atoms with van der Waals surface area (Å²) in [6.45, 7) is 5.31. The molecular formula is C21H27N3O6S. The van der Waals surface area contributed by atoms with Crippen LogP contribution in [0.5, 0.6) is 0 Å². The van der Waals surface area contributed by atoms with Crippen LogP contribution >= 0.6 is 0 Å². The van der Waals surface area contributed by atoms with Crippen LogP contribution in [0.15, 0.2) is 32.7 Å². The Bertz CT molecular complexity index is 1240. The molecule has 0 bridgehead atoms. The van der Waals surface area contributed by atoms with Gasteiger partial charge in [-0.25, -0.2) is 13.2 Å². The lowest BCUT2D eigenvalue weighted by Gasteiger charge is -2.25. The summed E-state index contributed by atoms with van der Waals surface area (Å²) in [5, 5.41) is 0. The number of aromatic nitrogens is 2. The molecule has 10 heteroatoms. The van der Waals surface area contributed by atoms with E-state index in [0.717, 1.165) is 10.1 Å². The van der Waals surface area contributed by atoms with Gasteiger partial charge in [-0.1, -0.05) is 17.7 Å². The summed E-state index contributed by atoms with van der Waals surface area (Å²) in [5.41, 5.74) is 1.42. The number of carbonyl (C=O) groups is 1. The van der Waals surface area contributed by atoms with E-state index in [2.05, 4.69) is 0 Å². The van der Waals surface area contributed by atoms with Gasteiger partial charge in [-0.05, 0) is 44.7 Å². The summed E-state index contributed by atoms with van der Waals surface area (Å²) in [5.74, 6) is -0.698. The predicted molar refractivity (Wildman–Crippen MR) is 114 cm³/mol. The van der Waals surface area contributed by atoms with Gasteiger partial charge in [0, 0.05) is 26.7 Å². The molecule has 168 valence electrons. The first-order valence-corrected chi connectivity index (χ1v) is 11.4. The first-order chi connectivity index (χ1) is 14.4. The molecule has 1 atom stereocenters. The number of ether oxygens (including phenoxy) is 1. The average molecular weight is 450 g/mol. The van der Waals surface area contributed by atoms with Crippen molar-refractivity contribution in [1.82, 2.24) is 13.4 Å². The van der Waals surface area contributed by atoms with E-state index in [0.29, 0.717) is 24.0 Å². The summed E-state index contributed by atoms with van der Waals surface area (Å²) in [6, 6.07) is 3.88. The van der Waals surface area contributed by atoms with E-state index in [9.17, 15) is 22.8 Å². The van der Waals surface area contributed by atoms with Gasteiger partial charge in [0.25, 0.3) is 5.56 Å². The van der Waals surface area contributed by atoms with E-state index < -0.39 is 33.3 Å². The molecule has 31 heavy (non-hydrogen) atoms. The highest BCUT2D eigenvalue weighted by Crippen LogP contribution is 2.31. The monoisotopic (exact) mass is 449 g/mol. The number of esters is 1. The summed E-state index contributed by atoms with van der Waals surface area (Å²) in [4.78, 5) is 36.9. The zero-order valence-electron chi connectivity index (χ0n) is 18.3. The second-order valence-electron chi connectivity index (χ2n) is 7.98. The Morgan fingerprint density at radius 1 is 1.06 bits per heavy atom. The molecule has 0 N–H and O–H groups in total. The SMILES string of the molecule is Cc1cc(C)c(S(=O)(=O)N2CCCC2C(=O)OCc2cc(=O)n(C)c(=O)n2C)c(C)c1. The predicted octanol–water partition coefficient (Wildman–Crippen LogP) is 0.906. The van der Waals surface area contributed by atoms with Gasteiger partial charge >= 0.3 is 11.7 Å². The number of sulfonamides is 1. The molecule has 9 nitrogen and oxygen atoms in total. The van der Waals surface area contributed by atoms with Crippen LogP contribution in [-0.4, -0.2) is 40.4 Å². The second-order valence-corrected chi connectivity index (χ2v) is 9.81. The fourth-order valence-electron chi connectivity index (χ4n) is 4.11. The largest absolute Gasteiger partial charge is 0.458 e. The molecule has 1 fully saturated rings. The molecule has 0 amide bonds. The molecule has 3 rings (SSSR count). The number of rotatable bonds is 5. The van der Waals surface area contributed by atoms with Gasteiger partial charge in [0.2, 0.25) is 10.0 Å². The third-order valence-corrected chi connectivity index (χ3v) is 7.85. The molecule has 0 spiro atoms. The van der Waals surface area contributed by atoms with Crippen LogP contribution in [-0.2, 0) is 40.3 Å². The van der Waals surface area contributed by atoms with E-state index in [1.807, 2.05) is 6.92 Å². The van der Waals surface area contributed by atoms with Gasteiger partial charge in [0.05, 0.1) is 10.6 Å². The fourth-order valence-corrected chi connectivity index (χ4v) is 6.17. The average Bonchev–Trinajstić information content (AvgIpc) is 3.18. The van der Waals surface area contributed by atoms with Crippen molar-refractivity contribution >= 4 is 16.0 Å². The lowest BCUT2D eigenvalue weighted by atomic mass is 10.1. The molecular weight excluding hydrogens is 422 g/mol. The molecule has 1 aliphatic rings. The van der Waals surface area contributed by atoms with Gasteiger partial charge in [-0.2, -0.15) is 4.31 Å². The molecule has 1 saturated heterocycles. The Hall–Kier alpha value is -2.72. The van der Waals surface area contributed by atoms with Gasteiger partial charge < -0.3 is 4.74 Å². The van der Waals surface area contributed by atoms with Gasteiger partial charge in [0.1, 0.15) is 12.6 Å². The number of benzene rings is 1. The number of carbonyl (C=O) groups excluding carboxylic acids is 1. The highest BCUT2D eigenvalue weighted by molar-refractivity contribution is 7.89. The topological polar surface area (TPSA) is 108 Å². The van der Waals surface area contributed by atoms with Crippen LogP contribution in [0.4, 0.5) is 0 Å². The maximum Gasteiger partial charge on any atom is 0.330 e. The molecule has 2 heterocycles. The second kappa shape index (κ2) is 8.43. The van der Waals surface area contributed by atoms with E-state index in [1.165, 1.54) is 29.0 Å². The molecule has 1 unspecified atom stereocenters. The Kier molecular flexibility index (Phi) is 6.24. The molecule has 0 radical (unpaired) electrons. The summed E-state index contributed by atoms with van der Waals surface area (Å²) in [6.07, 6.45) is 0.880. The number of aryl methyl sites for hydroxylation is 3. The molecule has 1 aromatic carbocycles. The quantitative estimate of drug-likeness (QED) is 0.628. The highest BCUT2D eigenvalue weighted by atomic mass is 32.2. The van der Waals surface area contributed by atoms with Gasteiger partial charge in [-0.15, -0.1) is 0 Å². The van der Waals surface area contributed by atoms with Crippen molar-refractivity contribution in [3.05, 3.63) is 61.4 Å². The van der Waals surface area contributed by atoms with Crippen LogP contribution in [0.25, 0.3) is 0 Å². The van der Waals surface area contributed by atoms with E-state index in [1.54, 1.807) is 26.0 Å². The highest BCUT2D eigenvalue weighted by Gasteiger charge is 2.41. The van der Waals surface area contributed by atoms with E-state index in [4.69, 9.17) is 4.74 Å². The zero-order valence-corrected chi connectivity index (χ0v) is 19.2. The Labute approximate surface area is 180 Å². The van der Waals surface area contributed by atoms with Crippen molar-refractivity contribution in [2.45, 2.75) is 51.2 Å². The smallest absolute Gasteiger partial charge is 0.330 e. The number of hydrogen-bond donors (Lipinski definition) is 0. The maximum atomic E-state index is 13.4. The standard InChI is InChI=1S/C21H27N3O6S/c1-13-9-14(2)19(15(3)10-13)31(28,29)24-8-6-7-17(24)20(26)30-12-16-11-18(25)23(5)21(27)22(16)4/h9-11,17H,6-8,12H2,1-5H3. The van der Waals surface area contributed by atoms with Crippen LogP contribution in [0.3, 0.4) is 0 Å². The van der Waals surface area contributed by atoms with Crippen molar-refractivity contribution < 1.29 is 17.9 Å². The minimum atomic E-state index is -3.90. The van der Waals surface area contributed by atoms with Crippen LogP contribution < -0.4 is 11.2 Å². The Balaban J connectivity index is 1.85. The molecule has 1 aromatic heterocycles.